The first-order valence-corrected chi connectivity index (χ1v) is 15.2. The number of benzene rings is 3. The number of anilines is 1. The van der Waals surface area contributed by atoms with Crippen LogP contribution in [0.5, 0.6) is 11.5 Å². The van der Waals surface area contributed by atoms with E-state index in [-0.39, 0.29) is 41.1 Å². The van der Waals surface area contributed by atoms with E-state index in [0.29, 0.717) is 66.6 Å². The normalized spacial score (nSPS) is 14.4. The van der Waals surface area contributed by atoms with Gasteiger partial charge in [-0.05, 0) is 47.7 Å². The lowest BCUT2D eigenvalue weighted by atomic mass is 9.83. The second-order valence-electron chi connectivity index (χ2n) is 12.4. The maximum atomic E-state index is 14.0. The fourth-order valence-corrected chi connectivity index (χ4v) is 5.97. The first-order valence-electron chi connectivity index (χ1n) is 15.2. The number of ketones is 1. The third kappa shape index (κ3) is 6.89. The lowest BCUT2D eigenvalue weighted by molar-refractivity contribution is -0.138. The van der Waals surface area contributed by atoms with Gasteiger partial charge in [0.15, 0.2) is 5.78 Å². The molecular weight excluding hydrogens is 652 g/mol. The first kappa shape index (κ1) is 34.5. The summed E-state index contributed by atoms with van der Waals surface area (Å²) in [6.45, 7) is 9.25. The summed E-state index contributed by atoms with van der Waals surface area (Å²) in [5.41, 5.74) is 4.03. The number of amides is 1. The van der Waals surface area contributed by atoms with Gasteiger partial charge in [-0.1, -0.05) is 51.1 Å². The zero-order valence-corrected chi connectivity index (χ0v) is 28.5. The van der Waals surface area contributed by atoms with Gasteiger partial charge in [-0.3, -0.25) is 15.0 Å². The molecule has 1 amide bonds. The molecule has 0 saturated carbocycles. The van der Waals surface area contributed by atoms with Crippen LogP contribution in [0.25, 0.3) is 0 Å². The smallest absolute Gasteiger partial charge is 0.326 e. The second kappa shape index (κ2) is 13.9. The minimum absolute atomic E-state index is 0. The van der Waals surface area contributed by atoms with Gasteiger partial charge in [-0.25, -0.2) is 4.79 Å². The van der Waals surface area contributed by atoms with Crippen LogP contribution in [-0.2, 0) is 23.2 Å². The maximum Gasteiger partial charge on any atom is 0.326 e. The predicted octanol–water partition coefficient (Wildman–Crippen LogP) is 5.24. The highest BCUT2D eigenvalue weighted by molar-refractivity contribution is 8.93. The van der Waals surface area contributed by atoms with E-state index in [1.807, 2.05) is 69.0 Å². The van der Waals surface area contributed by atoms with Gasteiger partial charge in [-0.2, -0.15) is 0 Å². The third-order valence-corrected chi connectivity index (χ3v) is 8.26. The molecule has 5 rings (SSSR count). The quantitative estimate of drug-likeness (QED) is 0.246. The Kier molecular flexibility index (Phi) is 10.5. The van der Waals surface area contributed by atoms with E-state index in [1.165, 1.54) is 0 Å². The summed E-state index contributed by atoms with van der Waals surface area (Å²) in [6, 6.07) is 15.6. The molecule has 244 valence electrons. The van der Waals surface area contributed by atoms with Crippen molar-refractivity contribution in [2.75, 3.05) is 38.3 Å². The Morgan fingerprint density at radius 3 is 2.46 bits per heavy atom. The zero-order valence-electron chi connectivity index (χ0n) is 26.8. The van der Waals surface area contributed by atoms with Crippen LogP contribution in [0, 0.1) is 5.41 Å². The van der Waals surface area contributed by atoms with E-state index in [0.717, 1.165) is 16.7 Å². The molecule has 2 aliphatic rings. The van der Waals surface area contributed by atoms with E-state index in [1.54, 1.807) is 30.1 Å². The van der Waals surface area contributed by atoms with E-state index < -0.39 is 17.4 Å². The van der Waals surface area contributed by atoms with Crippen molar-refractivity contribution in [2.24, 2.45) is 0 Å². The molecule has 1 unspecified atom stereocenters. The van der Waals surface area contributed by atoms with Crippen LogP contribution in [0.4, 0.5) is 5.69 Å². The lowest BCUT2D eigenvalue weighted by Gasteiger charge is -2.38. The third-order valence-electron chi connectivity index (χ3n) is 8.26. The molecule has 0 aromatic heterocycles. The number of nitrogens with one attached hydrogen (secondary N) is 2. The van der Waals surface area contributed by atoms with Crippen LogP contribution in [0.1, 0.15) is 70.7 Å². The van der Waals surface area contributed by atoms with Crippen molar-refractivity contribution in [1.29, 1.82) is 5.41 Å². The SMILES string of the molecule is Br.CCOc1cc2c(cc1C(=O)NC)C(=N)N(CC(=O)c1cc3c(c(C(C)(C)C)c1)OCCN3C(Cc1ccccc1)C(=O)O)C2. The first-order chi connectivity index (χ1) is 21.4. The number of ether oxygens (including phenoxy) is 2. The number of carboxylic acids is 1. The molecule has 1 atom stereocenters. The van der Waals surface area contributed by atoms with Gasteiger partial charge < -0.3 is 29.7 Å². The number of fused-ring (bicyclic) bond motifs is 2. The summed E-state index contributed by atoms with van der Waals surface area (Å²) in [7, 11) is 1.54. The van der Waals surface area contributed by atoms with Crippen LogP contribution in [-0.4, -0.2) is 72.9 Å². The summed E-state index contributed by atoms with van der Waals surface area (Å²) < 4.78 is 11.9. The number of aliphatic carboxylic acids is 1. The van der Waals surface area contributed by atoms with E-state index >= 15 is 0 Å². The number of hydrogen-bond donors (Lipinski definition) is 3. The maximum absolute atomic E-state index is 14.0. The summed E-state index contributed by atoms with van der Waals surface area (Å²) in [4.78, 5) is 42.6. The molecule has 11 heteroatoms. The largest absolute Gasteiger partial charge is 0.493 e. The minimum Gasteiger partial charge on any atom is -0.493 e. The van der Waals surface area contributed by atoms with Crippen molar-refractivity contribution >= 4 is 46.2 Å². The molecule has 3 N–H and O–H groups in total. The zero-order chi connectivity index (χ0) is 32.5. The summed E-state index contributed by atoms with van der Waals surface area (Å²) in [6.07, 6.45) is 0.295. The van der Waals surface area contributed by atoms with Gasteiger partial charge in [-0.15, -0.1) is 17.0 Å². The van der Waals surface area contributed by atoms with E-state index in [9.17, 15) is 19.5 Å². The van der Waals surface area contributed by atoms with Crippen molar-refractivity contribution in [3.8, 4) is 11.5 Å². The summed E-state index contributed by atoms with van der Waals surface area (Å²) in [5.74, 6) is -0.296. The molecule has 46 heavy (non-hydrogen) atoms. The molecule has 2 heterocycles. The number of hydrogen-bond acceptors (Lipinski definition) is 7. The van der Waals surface area contributed by atoms with Gasteiger partial charge in [0.2, 0.25) is 0 Å². The lowest BCUT2D eigenvalue weighted by Crippen LogP contribution is -2.47. The van der Waals surface area contributed by atoms with E-state index in [4.69, 9.17) is 14.9 Å². The number of nitrogens with zero attached hydrogens (tertiary/aromatic N) is 2. The number of carboxylic acid groups (broad SMARTS) is 1. The molecule has 3 aromatic carbocycles. The van der Waals surface area contributed by atoms with Crippen molar-refractivity contribution < 1.29 is 29.0 Å². The Balaban J connectivity index is 0.00000480. The molecule has 2 aliphatic heterocycles. The van der Waals surface area contributed by atoms with Crippen LogP contribution in [0.3, 0.4) is 0 Å². The standard InChI is InChI=1S/C35H40N4O6.BrH/c1-6-44-30-17-23-19-38(32(36)24(23)18-25(30)33(41)37-5)20-29(40)22-15-26(35(2,3)4)31-27(16-22)39(12-13-45-31)28(34(42)43)14-21-10-8-7-9-11-21;/h7-11,15-18,28,36H,6,12-14,19-20H2,1-5H3,(H,37,41)(H,42,43);1H. The van der Waals surface area contributed by atoms with Gasteiger partial charge >= 0.3 is 5.97 Å². The molecule has 0 radical (unpaired) electrons. The Morgan fingerprint density at radius 2 is 1.83 bits per heavy atom. The molecule has 3 aromatic rings. The average molecular weight is 694 g/mol. The molecule has 0 bridgehead atoms. The number of halogens is 1. The van der Waals surface area contributed by atoms with Gasteiger partial charge in [0.25, 0.3) is 5.91 Å². The van der Waals surface area contributed by atoms with Gasteiger partial charge in [0, 0.05) is 36.7 Å². The van der Waals surface area contributed by atoms with Crippen LogP contribution < -0.4 is 19.7 Å². The number of rotatable bonds is 10. The van der Waals surface area contributed by atoms with Crippen LogP contribution in [0.2, 0.25) is 0 Å². The monoisotopic (exact) mass is 692 g/mol. The number of amidine groups is 1. The number of carbonyl (C=O) groups excluding carboxylic acids is 2. The molecule has 0 spiro atoms. The minimum atomic E-state index is -0.952. The Labute approximate surface area is 280 Å². The van der Waals surface area contributed by atoms with Crippen LogP contribution in [0.15, 0.2) is 54.6 Å². The predicted molar refractivity (Wildman–Crippen MR) is 182 cm³/mol. The highest BCUT2D eigenvalue weighted by Crippen LogP contribution is 2.43. The number of Topliss-reactive ketones (excluding diaryl/α,β-unsaturated/α-hetero) is 1. The summed E-state index contributed by atoms with van der Waals surface area (Å²) in [5, 5.41) is 21.8. The summed E-state index contributed by atoms with van der Waals surface area (Å²) >= 11 is 0. The Bertz CT molecular complexity index is 1650. The molecular formula is C35H41BrN4O6. The highest BCUT2D eigenvalue weighted by atomic mass is 79.9. The average Bonchev–Trinajstić information content (AvgIpc) is 3.31. The van der Waals surface area contributed by atoms with Gasteiger partial charge in [0.05, 0.1) is 30.9 Å². The van der Waals surface area contributed by atoms with Crippen molar-refractivity contribution in [1.82, 2.24) is 10.2 Å². The molecule has 0 saturated heterocycles. The van der Waals surface area contributed by atoms with Crippen LogP contribution >= 0.6 is 17.0 Å². The van der Waals surface area contributed by atoms with Gasteiger partial charge in [0.1, 0.15) is 30.0 Å². The van der Waals surface area contributed by atoms with Crippen molar-refractivity contribution in [3.63, 3.8) is 0 Å². The fraction of sp³-hybridized carbons (Fsp3) is 0.371. The number of carbonyl (C=O) groups is 3. The van der Waals surface area contributed by atoms with Crippen molar-refractivity contribution in [2.45, 2.75) is 52.1 Å². The topological polar surface area (TPSA) is 132 Å². The van der Waals surface area contributed by atoms with Crippen molar-refractivity contribution in [3.05, 3.63) is 88.0 Å². The highest BCUT2D eigenvalue weighted by Gasteiger charge is 2.36. The molecule has 0 fully saturated rings. The molecule has 0 aliphatic carbocycles. The Morgan fingerprint density at radius 1 is 1.11 bits per heavy atom. The van der Waals surface area contributed by atoms with E-state index in [2.05, 4.69) is 5.32 Å². The fourth-order valence-electron chi connectivity index (χ4n) is 5.97. The molecule has 10 nitrogen and oxygen atoms in total. The Hall–Kier alpha value is -4.38. The second-order valence-corrected chi connectivity index (χ2v) is 12.4.